The molecule has 0 saturated heterocycles. The fourth-order valence-electron chi connectivity index (χ4n) is 1.83. The molecule has 3 heteroatoms. The van der Waals surface area contributed by atoms with Crippen LogP contribution in [0.5, 0.6) is 0 Å². The number of benzene rings is 1. The van der Waals surface area contributed by atoms with Crippen molar-refractivity contribution >= 4 is 17.7 Å². The highest BCUT2D eigenvalue weighted by atomic mass is 16.2. The summed E-state index contributed by atoms with van der Waals surface area (Å²) in [4.78, 5) is 13.9. The zero-order valence-electron chi connectivity index (χ0n) is 11.4. The number of nitrogens with zero attached hydrogens (tertiary/aromatic N) is 1. The smallest absolute Gasteiger partial charge is 0.246 e. The van der Waals surface area contributed by atoms with E-state index in [9.17, 15) is 4.79 Å². The normalized spacial score (nSPS) is 12.6. The van der Waals surface area contributed by atoms with Crippen molar-refractivity contribution in [2.75, 3.05) is 12.3 Å². The minimum absolute atomic E-state index is 0.0503. The molecule has 2 N–H and O–H groups in total. The van der Waals surface area contributed by atoms with Gasteiger partial charge in [-0.3, -0.25) is 4.79 Å². The Kier molecular flexibility index (Phi) is 5.43. The molecule has 0 heterocycles. The van der Waals surface area contributed by atoms with Crippen molar-refractivity contribution in [3.05, 3.63) is 35.9 Å². The SMILES string of the molecule is CCC(C)N(CC)C(=O)/C=C/c1cccc(N)c1. The van der Waals surface area contributed by atoms with E-state index in [2.05, 4.69) is 13.8 Å². The van der Waals surface area contributed by atoms with Gasteiger partial charge in [0, 0.05) is 24.4 Å². The van der Waals surface area contributed by atoms with Gasteiger partial charge in [-0.1, -0.05) is 19.1 Å². The van der Waals surface area contributed by atoms with Crippen LogP contribution in [-0.4, -0.2) is 23.4 Å². The van der Waals surface area contributed by atoms with Gasteiger partial charge in [0.2, 0.25) is 5.91 Å². The van der Waals surface area contributed by atoms with Crippen molar-refractivity contribution in [3.8, 4) is 0 Å². The average Bonchev–Trinajstić information content (AvgIpc) is 2.37. The van der Waals surface area contributed by atoms with Crippen LogP contribution in [0, 0.1) is 0 Å². The van der Waals surface area contributed by atoms with Gasteiger partial charge in [0.1, 0.15) is 0 Å². The minimum atomic E-state index is 0.0503. The first kappa shape index (κ1) is 14.3. The standard InChI is InChI=1S/C15H22N2O/c1-4-12(3)17(5-2)15(18)10-9-13-7-6-8-14(16)11-13/h6-12H,4-5,16H2,1-3H3/b10-9+. The van der Waals surface area contributed by atoms with Gasteiger partial charge < -0.3 is 10.6 Å². The molecule has 0 aliphatic heterocycles. The predicted octanol–water partition coefficient (Wildman–Crippen LogP) is 2.93. The number of carbonyl (C=O) groups is 1. The highest BCUT2D eigenvalue weighted by Gasteiger charge is 2.13. The number of nitrogens with two attached hydrogens (primary N) is 1. The summed E-state index contributed by atoms with van der Waals surface area (Å²) in [7, 11) is 0. The molecule has 0 saturated carbocycles. The lowest BCUT2D eigenvalue weighted by Crippen LogP contribution is -2.36. The third kappa shape index (κ3) is 3.91. The molecule has 18 heavy (non-hydrogen) atoms. The summed E-state index contributed by atoms with van der Waals surface area (Å²) in [6, 6.07) is 7.76. The molecule has 1 aromatic carbocycles. The minimum Gasteiger partial charge on any atom is -0.399 e. The maximum absolute atomic E-state index is 12.0. The summed E-state index contributed by atoms with van der Waals surface area (Å²) >= 11 is 0. The van der Waals surface area contributed by atoms with Crippen molar-refractivity contribution in [1.82, 2.24) is 4.90 Å². The Balaban J connectivity index is 2.74. The molecule has 0 aliphatic rings. The van der Waals surface area contributed by atoms with E-state index in [4.69, 9.17) is 5.73 Å². The largest absolute Gasteiger partial charge is 0.399 e. The van der Waals surface area contributed by atoms with Crippen LogP contribution in [-0.2, 0) is 4.79 Å². The highest BCUT2D eigenvalue weighted by molar-refractivity contribution is 5.92. The quantitative estimate of drug-likeness (QED) is 0.641. The summed E-state index contributed by atoms with van der Waals surface area (Å²) in [5.74, 6) is 0.0503. The summed E-state index contributed by atoms with van der Waals surface area (Å²) in [5.41, 5.74) is 7.35. The number of hydrogen-bond donors (Lipinski definition) is 1. The van der Waals surface area contributed by atoms with Crippen LogP contribution < -0.4 is 5.73 Å². The maximum Gasteiger partial charge on any atom is 0.246 e. The molecule has 0 bridgehead atoms. The van der Waals surface area contributed by atoms with Crippen LogP contribution in [0.15, 0.2) is 30.3 Å². The number of rotatable bonds is 5. The summed E-state index contributed by atoms with van der Waals surface area (Å²) in [5, 5.41) is 0. The third-order valence-electron chi connectivity index (χ3n) is 3.08. The molecule has 0 fully saturated rings. The summed E-state index contributed by atoms with van der Waals surface area (Å²) < 4.78 is 0. The van der Waals surface area contributed by atoms with Crippen LogP contribution in [0.25, 0.3) is 6.08 Å². The molecule has 1 aromatic rings. The summed E-state index contributed by atoms with van der Waals surface area (Å²) in [6.45, 7) is 6.88. The number of carbonyl (C=O) groups excluding carboxylic acids is 1. The molecule has 1 amide bonds. The Bertz CT molecular complexity index is 426. The average molecular weight is 246 g/mol. The van der Waals surface area contributed by atoms with Gasteiger partial charge >= 0.3 is 0 Å². The molecule has 1 unspecified atom stereocenters. The van der Waals surface area contributed by atoms with Gasteiger partial charge in [-0.05, 0) is 44.0 Å². The lowest BCUT2D eigenvalue weighted by atomic mass is 10.1. The monoisotopic (exact) mass is 246 g/mol. The van der Waals surface area contributed by atoms with E-state index in [1.807, 2.05) is 42.2 Å². The zero-order valence-corrected chi connectivity index (χ0v) is 11.4. The second kappa shape index (κ2) is 6.84. The molecule has 1 rings (SSSR count). The number of likely N-dealkylation sites (N-methyl/N-ethyl adjacent to an activating group) is 1. The third-order valence-corrected chi connectivity index (χ3v) is 3.08. The van der Waals surface area contributed by atoms with E-state index < -0.39 is 0 Å². The Morgan fingerprint density at radius 3 is 2.72 bits per heavy atom. The number of hydrogen-bond acceptors (Lipinski definition) is 2. The van der Waals surface area contributed by atoms with E-state index in [1.54, 1.807) is 6.08 Å². The van der Waals surface area contributed by atoms with Gasteiger partial charge in [0.05, 0.1) is 0 Å². The Morgan fingerprint density at radius 2 is 2.17 bits per heavy atom. The van der Waals surface area contributed by atoms with Gasteiger partial charge in [-0.2, -0.15) is 0 Å². The van der Waals surface area contributed by atoms with Crippen LogP contribution >= 0.6 is 0 Å². The maximum atomic E-state index is 12.0. The van der Waals surface area contributed by atoms with Gasteiger partial charge in [0.15, 0.2) is 0 Å². The van der Waals surface area contributed by atoms with Crippen molar-refractivity contribution in [3.63, 3.8) is 0 Å². The number of anilines is 1. The molecule has 0 spiro atoms. The van der Waals surface area contributed by atoms with E-state index in [1.165, 1.54) is 0 Å². The first-order chi connectivity index (χ1) is 8.58. The fourth-order valence-corrected chi connectivity index (χ4v) is 1.83. The van der Waals surface area contributed by atoms with Crippen molar-refractivity contribution < 1.29 is 4.79 Å². The second-order valence-corrected chi connectivity index (χ2v) is 4.38. The molecule has 0 aliphatic carbocycles. The van der Waals surface area contributed by atoms with Crippen LogP contribution in [0.3, 0.4) is 0 Å². The second-order valence-electron chi connectivity index (χ2n) is 4.38. The summed E-state index contributed by atoms with van der Waals surface area (Å²) in [6.07, 6.45) is 4.39. The lowest BCUT2D eigenvalue weighted by Gasteiger charge is -2.25. The molecule has 0 radical (unpaired) electrons. The molecule has 0 aromatic heterocycles. The molecule has 1 atom stereocenters. The first-order valence-corrected chi connectivity index (χ1v) is 6.42. The fraction of sp³-hybridized carbons (Fsp3) is 0.400. The van der Waals surface area contributed by atoms with E-state index >= 15 is 0 Å². The number of nitrogen functional groups attached to an aromatic ring is 1. The Hall–Kier alpha value is -1.77. The van der Waals surface area contributed by atoms with Crippen LogP contribution in [0.1, 0.15) is 32.8 Å². The molecular formula is C15H22N2O. The van der Waals surface area contributed by atoms with Crippen LogP contribution in [0.2, 0.25) is 0 Å². The lowest BCUT2D eigenvalue weighted by molar-refractivity contribution is -0.127. The van der Waals surface area contributed by atoms with Crippen molar-refractivity contribution in [2.45, 2.75) is 33.2 Å². The predicted molar refractivity (Wildman–Crippen MR) is 77.0 cm³/mol. The van der Waals surface area contributed by atoms with E-state index in [-0.39, 0.29) is 11.9 Å². The topological polar surface area (TPSA) is 46.3 Å². The van der Waals surface area contributed by atoms with Gasteiger partial charge in [-0.25, -0.2) is 0 Å². The van der Waals surface area contributed by atoms with Crippen LogP contribution in [0.4, 0.5) is 5.69 Å². The zero-order chi connectivity index (χ0) is 13.5. The molecule has 3 nitrogen and oxygen atoms in total. The number of amides is 1. The van der Waals surface area contributed by atoms with Crippen molar-refractivity contribution in [2.24, 2.45) is 0 Å². The highest BCUT2D eigenvalue weighted by Crippen LogP contribution is 2.09. The van der Waals surface area contributed by atoms with Gasteiger partial charge in [-0.15, -0.1) is 0 Å². The first-order valence-electron chi connectivity index (χ1n) is 6.42. The molecular weight excluding hydrogens is 224 g/mol. The van der Waals surface area contributed by atoms with E-state index in [0.29, 0.717) is 5.69 Å². The Morgan fingerprint density at radius 1 is 1.44 bits per heavy atom. The van der Waals surface area contributed by atoms with Crippen molar-refractivity contribution in [1.29, 1.82) is 0 Å². The van der Waals surface area contributed by atoms with Gasteiger partial charge in [0.25, 0.3) is 0 Å². The Labute approximate surface area is 109 Å². The van der Waals surface area contributed by atoms with E-state index in [0.717, 1.165) is 18.5 Å². The molecule has 98 valence electrons.